The summed E-state index contributed by atoms with van der Waals surface area (Å²) in [6.07, 6.45) is 3.19. The van der Waals surface area contributed by atoms with Gasteiger partial charge in [-0.1, -0.05) is 0 Å². The van der Waals surface area contributed by atoms with E-state index in [2.05, 4.69) is 4.98 Å². The molecular formula is C13H12N2O2S. The van der Waals surface area contributed by atoms with E-state index < -0.39 is 0 Å². The van der Waals surface area contributed by atoms with Crippen molar-refractivity contribution in [3.8, 4) is 0 Å². The van der Waals surface area contributed by atoms with E-state index in [0.717, 1.165) is 26.4 Å². The fourth-order valence-corrected chi connectivity index (χ4v) is 2.94. The predicted octanol–water partition coefficient (Wildman–Crippen LogP) is 2.72. The second-order valence-electron chi connectivity index (χ2n) is 4.22. The number of hydrogen-bond acceptors (Lipinski definition) is 4. The molecule has 0 saturated heterocycles. The van der Waals surface area contributed by atoms with Crippen molar-refractivity contribution in [2.45, 2.75) is 20.4 Å². The lowest BCUT2D eigenvalue weighted by Crippen LogP contribution is -2.20. The molecular weight excluding hydrogens is 248 g/mol. The van der Waals surface area contributed by atoms with Crippen molar-refractivity contribution in [3.63, 3.8) is 0 Å². The molecule has 0 spiro atoms. The van der Waals surface area contributed by atoms with E-state index in [1.54, 1.807) is 28.5 Å². The Kier molecular flexibility index (Phi) is 2.56. The monoisotopic (exact) mass is 260 g/mol. The molecule has 3 heterocycles. The zero-order valence-corrected chi connectivity index (χ0v) is 11.0. The molecule has 0 bridgehead atoms. The van der Waals surface area contributed by atoms with E-state index in [0.29, 0.717) is 6.54 Å². The molecule has 0 radical (unpaired) electrons. The molecule has 3 rings (SSSR count). The smallest absolute Gasteiger partial charge is 0.262 e. The van der Waals surface area contributed by atoms with Crippen molar-refractivity contribution in [1.82, 2.24) is 9.55 Å². The number of aromatic nitrogens is 2. The molecule has 0 saturated carbocycles. The maximum absolute atomic E-state index is 12.4. The normalized spacial score (nSPS) is 11.2. The summed E-state index contributed by atoms with van der Waals surface area (Å²) in [5, 5.41) is 0.728. The highest BCUT2D eigenvalue weighted by molar-refractivity contribution is 7.18. The van der Waals surface area contributed by atoms with Crippen LogP contribution in [-0.4, -0.2) is 9.55 Å². The van der Waals surface area contributed by atoms with Crippen LogP contribution in [0.2, 0.25) is 0 Å². The summed E-state index contributed by atoms with van der Waals surface area (Å²) in [7, 11) is 0. The van der Waals surface area contributed by atoms with Gasteiger partial charge in [0.2, 0.25) is 0 Å². The number of aryl methyl sites for hydroxylation is 2. The molecule has 0 atom stereocenters. The molecule has 0 aromatic carbocycles. The number of furan rings is 1. The van der Waals surface area contributed by atoms with E-state index >= 15 is 0 Å². The molecule has 5 heteroatoms. The largest absolute Gasteiger partial charge is 0.467 e. The molecule has 0 amide bonds. The summed E-state index contributed by atoms with van der Waals surface area (Å²) >= 11 is 1.56. The summed E-state index contributed by atoms with van der Waals surface area (Å²) in [5.41, 5.74) is 1.03. The van der Waals surface area contributed by atoms with Gasteiger partial charge in [0.1, 0.15) is 10.6 Å². The molecule has 4 nitrogen and oxygen atoms in total. The first-order valence-electron chi connectivity index (χ1n) is 5.64. The Hall–Kier alpha value is -1.88. The zero-order chi connectivity index (χ0) is 12.7. The number of nitrogens with zero attached hydrogens (tertiary/aromatic N) is 2. The molecule has 0 aliphatic heterocycles. The lowest BCUT2D eigenvalue weighted by Gasteiger charge is -2.02. The van der Waals surface area contributed by atoms with E-state index in [9.17, 15) is 4.79 Å². The van der Waals surface area contributed by atoms with Crippen LogP contribution in [0.1, 0.15) is 16.2 Å². The van der Waals surface area contributed by atoms with E-state index in [-0.39, 0.29) is 5.56 Å². The van der Waals surface area contributed by atoms with Crippen LogP contribution in [0.3, 0.4) is 0 Å². The minimum Gasteiger partial charge on any atom is -0.467 e. The highest BCUT2D eigenvalue weighted by Crippen LogP contribution is 2.25. The molecule has 92 valence electrons. The van der Waals surface area contributed by atoms with E-state index in [4.69, 9.17) is 4.42 Å². The average Bonchev–Trinajstić information content (AvgIpc) is 2.93. The van der Waals surface area contributed by atoms with Gasteiger partial charge in [-0.05, 0) is 31.5 Å². The van der Waals surface area contributed by atoms with Crippen molar-refractivity contribution >= 4 is 21.6 Å². The first-order valence-corrected chi connectivity index (χ1v) is 6.46. The molecule has 0 unspecified atom stereocenters. The van der Waals surface area contributed by atoms with Crippen molar-refractivity contribution < 1.29 is 4.42 Å². The summed E-state index contributed by atoms with van der Waals surface area (Å²) in [6.45, 7) is 4.40. The van der Waals surface area contributed by atoms with Crippen LogP contribution in [0.25, 0.3) is 10.2 Å². The molecule has 0 aliphatic rings. The average molecular weight is 260 g/mol. The van der Waals surface area contributed by atoms with Gasteiger partial charge in [-0.3, -0.25) is 9.36 Å². The Morgan fingerprint density at radius 1 is 1.44 bits per heavy atom. The van der Waals surface area contributed by atoms with E-state index in [1.165, 1.54) is 0 Å². The standard InChI is InChI=1S/C13H12N2O2S/c1-8-9(2)18-12-11(8)13(16)15(7-14-12)6-10-4-3-5-17-10/h3-5,7H,6H2,1-2H3. The third-order valence-electron chi connectivity index (χ3n) is 3.06. The van der Waals surface area contributed by atoms with Crippen molar-refractivity contribution in [2.24, 2.45) is 0 Å². The summed E-state index contributed by atoms with van der Waals surface area (Å²) in [4.78, 5) is 18.7. The Labute approximate surface area is 108 Å². The quantitative estimate of drug-likeness (QED) is 0.711. The van der Waals surface area contributed by atoms with Crippen molar-refractivity contribution in [1.29, 1.82) is 0 Å². The van der Waals surface area contributed by atoms with Gasteiger partial charge in [0.25, 0.3) is 5.56 Å². The van der Waals surface area contributed by atoms with Crippen LogP contribution in [0.4, 0.5) is 0 Å². The molecule has 3 aromatic rings. The fourth-order valence-electron chi connectivity index (χ4n) is 1.95. The highest BCUT2D eigenvalue weighted by atomic mass is 32.1. The molecule has 0 N–H and O–H groups in total. The topological polar surface area (TPSA) is 48.0 Å². The Bertz CT molecular complexity index is 753. The minimum absolute atomic E-state index is 0.00162. The van der Waals surface area contributed by atoms with E-state index in [1.807, 2.05) is 26.0 Å². The SMILES string of the molecule is Cc1sc2ncn(Cc3ccco3)c(=O)c2c1C. The third-order valence-corrected chi connectivity index (χ3v) is 4.18. The zero-order valence-electron chi connectivity index (χ0n) is 10.1. The maximum Gasteiger partial charge on any atom is 0.262 e. The summed E-state index contributed by atoms with van der Waals surface area (Å²) < 4.78 is 6.84. The van der Waals surface area contributed by atoms with Crippen molar-refractivity contribution in [2.75, 3.05) is 0 Å². The van der Waals surface area contributed by atoms with Crippen LogP contribution in [0, 0.1) is 13.8 Å². The van der Waals surface area contributed by atoms with Crippen molar-refractivity contribution in [3.05, 3.63) is 51.3 Å². The number of fused-ring (bicyclic) bond motifs is 1. The summed E-state index contributed by atoms with van der Waals surface area (Å²) in [5.74, 6) is 0.753. The van der Waals surface area contributed by atoms with Gasteiger partial charge in [0.05, 0.1) is 24.5 Å². The van der Waals surface area contributed by atoms with Gasteiger partial charge in [-0.15, -0.1) is 11.3 Å². The van der Waals surface area contributed by atoms with Gasteiger partial charge in [0, 0.05) is 4.88 Å². The van der Waals surface area contributed by atoms with Crippen LogP contribution in [-0.2, 0) is 6.54 Å². The van der Waals surface area contributed by atoms with Crippen LogP contribution >= 0.6 is 11.3 Å². The summed E-state index contributed by atoms with van der Waals surface area (Å²) in [6, 6.07) is 3.66. The second kappa shape index (κ2) is 4.10. The predicted molar refractivity (Wildman–Crippen MR) is 71.2 cm³/mol. The van der Waals surface area contributed by atoms with Crippen LogP contribution in [0.5, 0.6) is 0 Å². The molecule has 18 heavy (non-hydrogen) atoms. The molecule has 3 aromatic heterocycles. The van der Waals surface area contributed by atoms with Gasteiger partial charge >= 0.3 is 0 Å². The lowest BCUT2D eigenvalue weighted by molar-refractivity contribution is 0.489. The molecule has 0 aliphatic carbocycles. The molecule has 0 fully saturated rings. The van der Waals surface area contributed by atoms with Gasteiger partial charge in [-0.25, -0.2) is 4.98 Å². The number of rotatable bonds is 2. The van der Waals surface area contributed by atoms with Crippen LogP contribution in [0.15, 0.2) is 33.9 Å². The maximum atomic E-state index is 12.4. The first kappa shape index (κ1) is 11.2. The third kappa shape index (κ3) is 1.67. The fraction of sp³-hybridized carbons (Fsp3) is 0.231. The lowest BCUT2D eigenvalue weighted by atomic mass is 10.2. The van der Waals surface area contributed by atoms with Crippen LogP contribution < -0.4 is 5.56 Å². The second-order valence-corrected chi connectivity index (χ2v) is 5.42. The number of thiophene rings is 1. The Morgan fingerprint density at radius 3 is 3.00 bits per heavy atom. The Balaban J connectivity index is 2.17. The number of hydrogen-bond donors (Lipinski definition) is 0. The van der Waals surface area contributed by atoms with Gasteiger partial charge < -0.3 is 4.42 Å². The Morgan fingerprint density at radius 2 is 2.28 bits per heavy atom. The van der Waals surface area contributed by atoms with Gasteiger partial charge in [-0.2, -0.15) is 0 Å². The highest BCUT2D eigenvalue weighted by Gasteiger charge is 2.12. The van der Waals surface area contributed by atoms with Gasteiger partial charge in [0.15, 0.2) is 0 Å². The first-order chi connectivity index (χ1) is 8.66. The minimum atomic E-state index is -0.00162.